The van der Waals surface area contributed by atoms with E-state index in [2.05, 4.69) is 25.8 Å². The molecule has 0 aromatic carbocycles. The van der Waals surface area contributed by atoms with E-state index in [4.69, 9.17) is 4.74 Å². The maximum atomic E-state index is 5.70. The van der Waals surface area contributed by atoms with Crippen LogP contribution in [-0.4, -0.2) is 11.6 Å². The Kier molecular flexibility index (Phi) is 6.77. The Morgan fingerprint density at radius 2 is 1.89 bits per heavy atom. The first-order valence-corrected chi connectivity index (χ1v) is 7.13. The van der Waals surface area contributed by atoms with Gasteiger partial charge in [-0.1, -0.05) is 40.0 Å². The third-order valence-corrected chi connectivity index (χ3v) is 3.24. The fraction of sp³-hybridized carbons (Fsp3) is 0.688. The lowest BCUT2D eigenvalue weighted by molar-refractivity contribution is 0.275. The molecule has 1 aromatic rings. The molecule has 0 N–H and O–H groups in total. The molecule has 2 heteroatoms. The van der Waals surface area contributed by atoms with Crippen molar-refractivity contribution in [3.63, 3.8) is 0 Å². The zero-order chi connectivity index (χ0) is 13.4. The summed E-state index contributed by atoms with van der Waals surface area (Å²) in [6, 6.07) is 3.98. The van der Waals surface area contributed by atoms with Crippen molar-refractivity contribution in [3.05, 3.63) is 24.0 Å². The second kappa shape index (κ2) is 8.12. The van der Waals surface area contributed by atoms with Crippen LogP contribution in [-0.2, 0) is 0 Å². The number of aromatic nitrogens is 1. The minimum atomic E-state index is 0.752. The van der Waals surface area contributed by atoms with Crippen molar-refractivity contribution < 1.29 is 4.74 Å². The van der Waals surface area contributed by atoms with Crippen LogP contribution in [0.1, 0.15) is 52.1 Å². The van der Waals surface area contributed by atoms with Gasteiger partial charge in [0.15, 0.2) is 0 Å². The van der Waals surface area contributed by atoms with E-state index >= 15 is 0 Å². The second-order valence-corrected chi connectivity index (χ2v) is 5.70. The predicted octanol–water partition coefficient (Wildman–Crippen LogP) is 4.62. The number of ether oxygens (including phenoxy) is 1. The summed E-state index contributed by atoms with van der Waals surface area (Å²) in [5, 5.41) is 0. The van der Waals surface area contributed by atoms with Crippen molar-refractivity contribution in [2.45, 2.75) is 53.4 Å². The maximum Gasteiger partial charge on any atom is 0.137 e. The number of rotatable bonds is 8. The van der Waals surface area contributed by atoms with Gasteiger partial charge in [-0.3, -0.25) is 4.98 Å². The molecule has 0 aliphatic heterocycles. The van der Waals surface area contributed by atoms with Crippen molar-refractivity contribution >= 4 is 0 Å². The highest BCUT2D eigenvalue weighted by Gasteiger charge is 2.04. The average molecular weight is 249 g/mol. The van der Waals surface area contributed by atoms with Crippen LogP contribution in [0.5, 0.6) is 5.75 Å². The number of aryl methyl sites for hydroxylation is 1. The molecule has 2 nitrogen and oxygen atoms in total. The van der Waals surface area contributed by atoms with Crippen molar-refractivity contribution in [2.75, 3.05) is 6.61 Å². The van der Waals surface area contributed by atoms with Crippen molar-refractivity contribution in [2.24, 2.45) is 11.8 Å². The number of hydrogen-bond donors (Lipinski definition) is 0. The van der Waals surface area contributed by atoms with E-state index in [-0.39, 0.29) is 0 Å². The van der Waals surface area contributed by atoms with E-state index in [1.54, 1.807) is 6.20 Å². The molecule has 0 radical (unpaired) electrons. The lowest BCUT2D eigenvalue weighted by Gasteiger charge is -2.13. The fourth-order valence-electron chi connectivity index (χ4n) is 1.94. The first kappa shape index (κ1) is 15.0. The summed E-state index contributed by atoms with van der Waals surface area (Å²) in [6.45, 7) is 9.68. The summed E-state index contributed by atoms with van der Waals surface area (Å²) >= 11 is 0. The van der Waals surface area contributed by atoms with E-state index in [9.17, 15) is 0 Å². The topological polar surface area (TPSA) is 22.1 Å². The Balaban J connectivity index is 2.11. The molecule has 1 aromatic heterocycles. The smallest absolute Gasteiger partial charge is 0.137 e. The molecule has 0 fully saturated rings. The lowest BCUT2D eigenvalue weighted by atomic mass is 9.98. The zero-order valence-electron chi connectivity index (χ0n) is 12.3. The number of pyridine rings is 1. The van der Waals surface area contributed by atoms with Gasteiger partial charge in [0.25, 0.3) is 0 Å². The molecule has 1 atom stereocenters. The van der Waals surface area contributed by atoms with Gasteiger partial charge in [0.1, 0.15) is 5.75 Å². The van der Waals surface area contributed by atoms with Gasteiger partial charge in [-0.25, -0.2) is 0 Å². The Morgan fingerprint density at radius 3 is 2.50 bits per heavy atom. The average Bonchev–Trinajstić information content (AvgIpc) is 2.31. The summed E-state index contributed by atoms with van der Waals surface area (Å²) in [6.07, 6.45) is 6.93. The first-order chi connectivity index (χ1) is 8.58. The highest BCUT2D eigenvalue weighted by atomic mass is 16.5. The van der Waals surface area contributed by atoms with E-state index in [0.29, 0.717) is 0 Å². The van der Waals surface area contributed by atoms with Crippen LogP contribution in [0, 0.1) is 18.8 Å². The number of nitrogens with zero attached hydrogens (tertiary/aromatic N) is 1. The standard InChI is InChI=1S/C16H27NO/c1-13(2)6-5-7-14(3)10-11-18-16-9-8-15(4)17-12-16/h8-9,12-14H,5-7,10-11H2,1-4H3. The Hall–Kier alpha value is -1.05. The second-order valence-electron chi connectivity index (χ2n) is 5.70. The largest absolute Gasteiger partial charge is 0.492 e. The van der Waals surface area contributed by atoms with Crippen molar-refractivity contribution in [3.8, 4) is 5.75 Å². The highest BCUT2D eigenvalue weighted by molar-refractivity contribution is 5.18. The van der Waals surface area contributed by atoms with E-state index in [1.807, 2.05) is 19.1 Å². The van der Waals surface area contributed by atoms with E-state index < -0.39 is 0 Å². The van der Waals surface area contributed by atoms with Crippen molar-refractivity contribution in [1.82, 2.24) is 4.98 Å². The van der Waals surface area contributed by atoms with Crippen LogP contribution in [0.25, 0.3) is 0 Å². The monoisotopic (exact) mass is 249 g/mol. The quantitative estimate of drug-likeness (QED) is 0.670. The lowest BCUT2D eigenvalue weighted by Crippen LogP contribution is -2.05. The molecule has 0 bridgehead atoms. The maximum absolute atomic E-state index is 5.70. The molecular weight excluding hydrogens is 222 g/mol. The molecule has 102 valence electrons. The van der Waals surface area contributed by atoms with E-state index in [1.165, 1.54) is 19.3 Å². The SMILES string of the molecule is Cc1ccc(OCCC(C)CCCC(C)C)cn1. The van der Waals surface area contributed by atoms with Gasteiger partial charge >= 0.3 is 0 Å². The third-order valence-electron chi connectivity index (χ3n) is 3.24. The van der Waals surface area contributed by atoms with Gasteiger partial charge in [0, 0.05) is 5.69 Å². The highest BCUT2D eigenvalue weighted by Crippen LogP contribution is 2.16. The fourth-order valence-corrected chi connectivity index (χ4v) is 1.94. The summed E-state index contributed by atoms with van der Waals surface area (Å²) in [5.74, 6) is 2.46. The van der Waals surface area contributed by atoms with Gasteiger partial charge in [0.2, 0.25) is 0 Å². The first-order valence-electron chi connectivity index (χ1n) is 7.13. The van der Waals surface area contributed by atoms with Crippen LogP contribution in [0.2, 0.25) is 0 Å². The van der Waals surface area contributed by atoms with Gasteiger partial charge in [0.05, 0.1) is 12.8 Å². The van der Waals surface area contributed by atoms with Crippen molar-refractivity contribution in [1.29, 1.82) is 0 Å². The molecule has 0 spiro atoms. The molecule has 0 saturated heterocycles. The van der Waals surface area contributed by atoms with Crippen LogP contribution in [0.4, 0.5) is 0 Å². The number of hydrogen-bond acceptors (Lipinski definition) is 2. The molecule has 1 rings (SSSR count). The Labute approximate surface area is 112 Å². The van der Waals surface area contributed by atoms with Crippen LogP contribution in [0.3, 0.4) is 0 Å². The predicted molar refractivity (Wildman–Crippen MR) is 76.9 cm³/mol. The van der Waals surface area contributed by atoms with Crippen LogP contribution in [0.15, 0.2) is 18.3 Å². The Morgan fingerprint density at radius 1 is 1.11 bits per heavy atom. The summed E-state index contributed by atoms with van der Waals surface area (Å²) in [7, 11) is 0. The summed E-state index contributed by atoms with van der Waals surface area (Å²) in [4.78, 5) is 4.22. The van der Waals surface area contributed by atoms with E-state index in [0.717, 1.165) is 36.3 Å². The van der Waals surface area contributed by atoms with Crippen LogP contribution < -0.4 is 4.74 Å². The minimum absolute atomic E-state index is 0.752. The van der Waals surface area contributed by atoms with Gasteiger partial charge in [-0.05, 0) is 37.3 Å². The molecule has 0 saturated carbocycles. The summed E-state index contributed by atoms with van der Waals surface area (Å²) < 4.78 is 5.70. The summed E-state index contributed by atoms with van der Waals surface area (Å²) in [5.41, 5.74) is 1.03. The molecule has 0 aliphatic rings. The molecular formula is C16H27NO. The zero-order valence-corrected chi connectivity index (χ0v) is 12.3. The molecule has 1 unspecified atom stereocenters. The molecule has 0 amide bonds. The molecule has 0 aliphatic carbocycles. The normalized spacial score (nSPS) is 12.7. The molecule has 1 heterocycles. The third kappa shape index (κ3) is 6.63. The Bertz CT molecular complexity index is 318. The van der Waals surface area contributed by atoms with Crippen LogP contribution >= 0.6 is 0 Å². The minimum Gasteiger partial charge on any atom is -0.492 e. The van der Waals surface area contributed by atoms with Gasteiger partial charge < -0.3 is 4.74 Å². The van der Waals surface area contributed by atoms with Gasteiger partial charge in [-0.2, -0.15) is 0 Å². The molecule has 18 heavy (non-hydrogen) atoms. The van der Waals surface area contributed by atoms with Gasteiger partial charge in [-0.15, -0.1) is 0 Å².